The van der Waals surface area contributed by atoms with E-state index in [9.17, 15) is 37.5 Å². The molecule has 6 atom stereocenters. The van der Waals surface area contributed by atoms with Crippen LogP contribution in [0, 0.1) is 11.6 Å². The molecule has 0 unspecified atom stereocenters. The maximum absolute atomic E-state index is 14.4. The fourth-order valence-corrected chi connectivity index (χ4v) is 14.4. The summed E-state index contributed by atoms with van der Waals surface area (Å²) in [5.41, 5.74) is 5.97. The number of hydrogen-bond acceptors (Lipinski definition) is 12. The third-order valence-electron chi connectivity index (χ3n) is 19.0. The van der Waals surface area contributed by atoms with E-state index in [4.69, 9.17) is 0 Å². The van der Waals surface area contributed by atoms with E-state index in [1.54, 1.807) is 24.3 Å². The lowest BCUT2D eigenvalue weighted by Gasteiger charge is -2.43. The number of anilines is 2. The van der Waals surface area contributed by atoms with Crippen molar-refractivity contribution in [2.75, 3.05) is 101 Å². The van der Waals surface area contributed by atoms with Crippen molar-refractivity contribution >= 4 is 35.0 Å². The second-order valence-electron chi connectivity index (χ2n) is 27.4. The van der Waals surface area contributed by atoms with Gasteiger partial charge in [0.05, 0.1) is 37.3 Å². The van der Waals surface area contributed by atoms with Gasteiger partial charge in [0.15, 0.2) is 0 Å². The lowest BCUT2D eigenvalue weighted by Crippen LogP contribution is -2.62. The van der Waals surface area contributed by atoms with Gasteiger partial charge in [-0.3, -0.25) is 48.4 Å². The molecule has 18 nitrogen and oxygen atoms in total. The number of halogens is 2. The normalized spacial score (nSPS) is 24.0. The number of benzene rings is 3. The maximum Gasteiger partial charge on any atom is 0.251 e. The van der Waals surface area contributed by atoms with Crippen LogP contribution in [0.25, 0.3) is 0 Å². The Morgan fingerprint density at radius 1 is 0.557 bits per heavy atom. The zero-order chi connectivity index (χ0) is 62.0. The minimum atomic E-state index is -0.454. The number of aromatic nitrogens is 2. The van der Waals surface area contributed by atoms with Gasteiger partial charge in [0.25, 0.3) is 11.1 Å². The zero-order valence-corrected chi connectivity index (χ0v) is 52.0. The highest BCUT2D eigenvalue weighted by Crippen LogP contribution is 2.41. The third-order valence-corrected chi connectivity index (χ3v) is 19.0. The molecule has 0 spiro atoms. The van der Waals surface area contributed by atoms with Crippen LogP contribution in [0.3, 0.4) is 0 Å². The van der Waals surface area contributed by atoms with Crippen LogP contribution in [0.15, 0.2) is 94.5 Å². The number of fused-ring (bicyclic) bond motifs is 2. The van der Waals surface area contributed by atoms with Gasteiger partial charge in [0.1, 0.15) is 11.6 Å². The molecule has 470 valence electrons. The average molecular weight is 1210 g/mol. The molecular formula is C68H88F2N12O6. The van der Waals surface area contributed by atoms with Crippen LogP contribution in [-0.2, 0) is 55.7 Å². The van der Waals surface area contributed by atoms with E-state index >= 15 is 0 Å². The minimum absolute atomic E-state index is 0.0244. The van der Waals surface area contributed by atoms with Gasteiger partial charge in [-0.15, -0.1) is 0 Å². The van der Waals surface area contributed by atoms with E-state index in [0.29, 0.717) is 63.2 Å². The van der Waals surface area contributed by atoms with Crippen LogP contribution < -0.4 is 42.2 Å². The molecule has 0 aliphatic carbocycles. The van der Waals surface area contributed by atoms with Crippen molar-refractivity contribution in [3.05, 3.63) is 162 Å². The standard InChI is InChI=1S/C68H88F2N12O6/c1-43-33-79(39-61(85)81-41-67(3,4)63-57(81)29-49(65(87)75-63)25-45-14-18-51(69)19-15-45)55(31-71-43)37-77-22-8-12-53(35-77)73-59(83)27-47-10-7-11-48(24-47)28-60(84)74-54-13-9-23-78(36-54)38-56-32-72-44(2)34-80(56)40-62(86)82-42-68(5,6)64-58(82)30-50(66(88)76-64)26-46-16-20-52(70)21-17-46/h7,10-11,14-21,24,29-30,43-44,53-56,71-72H,8-9,12-13,22-23,25-28,31-42H2,1-6H3,(H,73,83)(H,74,84)(H,75,87)(H,76,88)/t43-,44-,53+,54+,55-,56-/m1/s1. The molecule has 88 heavy (non-hydrogen) atoms. The molecule has 2 aromatic heterocycles. The fraction of sp³-hybridized carbons (Fsp3) is 0.529. The van der Waals surface area contributed by atoms with Crippen molar-refractivity contribution in [1.82, 2.24) is 50.8 Å². The average Bonchev–Trinajstić information content (AvgIpc) is 1.65. The quantitative estimate of drug-likeness (QED) is 0.0706. The summed E-state index contributed by atoms with van der Waals surface area (Å²) < 4.78 is 27.4. The SMILES string of the molecule is C[C@@H]1CN(CC(=O)N2CC(C)(C)c3[nH]c(=O)c(Cc4ccc(F)cc4)cc32)[C@@H](CN2CCC[C@H](NC(=O)Cc3cccc(CC(=O)N[C@H]4CCCN(C[C@H]5CN[C@H](C)CN5CC(=O)N5CC(C)(C)c6[nH]c(=O)c(Cc7ccc(F)cc7)cc65)C4)c3)C2)CN1. The van der Waals surface area contributed by atoms with Crippen LogP contribution >= 0.6 is 0 Å². The minimum Gasteiger partial charge on any atom is -0.352 e. The molecule has 11 rings (SSSR count). The number of amides is 4. The van der Waals surface area contributed by atoms with Gasteiger partial charge >= 0.3 is 0 Å². The van der Waals surface area contributed by atoms with Crippen molar-refractivity contribution in [2.24, 2.45) is 0 Å². The first-order chi connectivity index (χ1) is 42.1. The lowest BCUT2D eigenvalue weighted by molar-refractivity contribution is -0.122. The summed E-state index contributed by atoms with van der Waals surface area (Å²) in [6.07, 6.45) is 4.64. The molecule has 4 amide bonds. The summed E-state index contributed by atoms with van der Waals surface area (Å²) in [6, 6.07) is 24.1. The van der Waals surface area contributed by atoms with Crippen LogP contribution in [0.2, 0.25) is 0 Å². The third kappa shape index (κ3) is 15.0. The van der Waals surface area contributed by atoms with Crippen LogP contribution in [0.4, 0.5) is 20.2 Å². The molecular weight excluding hydrogens is 1120 g/mol. The van der Waals surface area contributed by atoms with Gasteiger partial charge in [-0.1, -0.05) is 76.2 Å². The van der Waals surface area contributed by atoms with Crippen molar-refractivity contribution in [1.29, 1.82) is 0 Å². The Hall–Kier alpha value is -6.94. The van der Waals surface area contributed by atoms with Crippen molar-refractivity contribution < 1.29 is 28.0 Å². The highest BCUT2D eigenvalue weighted by molar-refractivity contribution is 5.98. The molecule has 4 fully saturated rings. The van der Waals surface area contributed by atoms with Gasteiger partial charge in [-0.25, -0.2) is 8.78 Å². The summed E-state index contributed by atoms with van der Waals surface area (Å²) in [5, 5.41) is 13.9. The number of hydrogen-bond donors (Lipinski definition) is 6. The first-order valence-corrected chi connectivity index (χ1v) is 31.8. The van der Waals surface area contributed by atoms with Gasteiger partial charge in [0, 0.05) is 148 Å². The number of pyridine rings is 2. The van der Waals surface area contributed by atoms with Crippen molar-refractivity contribution in [2.45, 2.75) is 140 Å². The number of piperazine rings is 2. The Morgan fingerprint density at radius 3 is 1.38 bits per heavy atom. The first kappa shape index (κ1) is 62.7. The fourth-order valence-electron chi connectivity index (χ4n) is 14.4. The molecule has 20 heteroatoms. The largest absolute Gasteiger partial charge is 0.352 e. The smallest absolute Gasteiger partial charge is 0.251 e. The van der Waals surface area contributed by atoms with Crippen LogP contribution in [0.5, 0.6) is 0 Å². The summed E-state index contributed by atoms with van der Waals surface area (Å²) in [5.74, 6) is -0.847. The second-order valence-corrected chi connectivity index (χ2v) is 27.4. The lowest BCUT2D eigenvalue weighted by atomic mass is 9.91. The Morgan fingerprint density at radius 2 is 0.966 bits per heavy atom. The Bertz CT molecular complexity index is 3260. The monoisotopic (exact) mass is 1210 g/mol. The van der Waals surface area contributed by atoms with Gasteiger partial charge in [-0.2, -0.15) is 0 Å². The summed E-state index contributed by atoms with van der Waals surface area (Å²) in [7, 11) is 0. The molecule has 0 radical (unpaired) electrons. The summed E-state index contributed by atoms with van der Waals surface area (Å²) in [6.45, 7) is 21.3. The molecule has 8 heterocycles. The van der Waals surface area contributed by atoms with Gasteiger partial charge in [0.2, 0.25) is 23.6 Å². The number of rotatable bonds is 18. The number of carbonyl (C=O) groups excluding carboxylic acids is 4. The summed E-state index contributed by atoms with van der Waals surface area (Å²) in [4.78, 5) is 102. The maximum atomic E-state index is 14.4. The zero-order valence-electron chi connectivity index (χ0n) is 52.0. The predicted molar refractivity (Wildman–Crippen MR) is 338 cm³/mol. The highest BCUT2D eigenvalue weighted by atomic mass is 19.1. The van der Waals surface area contributed by atoms with E-state index < -0.39 is 10.8 Å². The molecule has 5 aromatic rings. The molecule has 3 aromatic carbocycles. The van der Waals surface area contributed by atoms with Crippen LogP contribution in [0.1, 0.15) is 112 Å². The number of nitrogens with zero attached hydrogens (tertiary/aromatic N) is 6. The molecule has 6 aliphatic heterocycles. The second kappa shape index (κ2) is 26.6. The molecule has 0 bridgehead atoms. The number of aromatic amines is 2. The summed E-state index contributed by atoms with van der Waals surface area (Å²) >= 11 is 0. The molecule has 0 saturated carbocycles. The first-order valence-electron chi connectivity index (χ1n) is 31.8. The van der Waals surface area contributed by atoms with E-state index in [0.717, 1.165) is 110 Å². The predicted octanol–water partition coefficient (Wildman–Crippen LogP) is 4.74. The number of piperidine rings is 2. The van der Waals surface area contributed by atoms with Crippen molar-refractivity contribution in [3.8, 4) is 0 Å². The number of likely N-dealkylation sites (tertiary alicyclic amines) is 2. The van der Waals surface area contributed by atoms with E-state index in [1.807, 2.05) is 73.9 Å². The number of H-pyrrole nitrogens is 2. The Kier molecular flexibility index (Phi) is 19.0. The van der Waals surface area contributed by atoms with Gasteiger partial charge < -0.3 is 41.0 Å². The van der Waals surface area contributed by atoms with E-state index in [2.05, 4.69) is 64.7 Å². The molecule has 6 aliphatic rings. The van der Waals surface area contributed by atoms with Crippen molar-refractivity contribution in [3.63, 3.8) is 0 Å². The highest BCUT2D eigenvalue weighted by Gasteiger charge is 2.43. The molecule has 4 saturated heterocycles. The molecule has 6 N–H and O–H groups in total. The Balaban J connectivity index is 0.643. The number of carbonyl (C=O) groups is 4. The van der Waals surface area contributed by atoms with E-state index in [1.165, 1.54) is 24.3 Å². The van der Waals surface area contributed by atoms with E-state index in [-0.39, 0.29) is 109 Å². The van der Waals surface area contributed by atoms with Crippen LogP contribution in [-0.4, -0.2) is 181 Å². The number of nitrogens with one attached hydrogen (secondary N) is 6. The Labute approximate surface area is 515 Å². The topological polar surface area (TPSA) is 202 Å². The van der Waals surface area contributed by atoms with Gasteiger partial charge in [-0.05, 0) is 111 Å².